The van der Waals surface area contributed by atoms with Crippen molar-refractivity contribution in [2.45, 2.75) is 153 Å². The Morgan fingerprint density at radius 2 is 1.79 bits per heavy atom. The van der Waals surface area contributed by atoms with Gasteiger partial charge in [-0.15, -0.1) is 0 Å². The maximum absolute atomic E-state index is 14.2. The molecule has 276 valence electrons. The van der Waals surface area contributed by atoms with Crippen molar-refractivity contribution in [3.05, 3.63) is 0 Å². The number of fused-ring (bicyclic) bond motifs is 1. The number of cyclic esters (lactones) is 1. The first-order chi connectivity index (χ1) is 22.5. The lowest BCUT2D eigenvalue weighted by atomic mass is 9.78. The molecule has 5 unspecified atom stereocenters. The third-order valence-corrected chi connectivity index (χ3v) is 11.2. The maximum Gasteiger partial charge on any atom is 0.408 e. The number of carbonyl (C=O) groups is 3. The van der Waals surface area contributed by atoms with Gasteiger partial charge in [-0.3, -0.25) is 9.59 Å². The molecular weight excluding hydrogens is 620 g/mol. The van der Waals surface area contributed by atoms with Crippen LogP contribution in [0.1, 0.15) is 87.0 Å². The van der Waals surface area contributed by atoms with Gasteiger partial charge in [0.2, 0.25) is 0 Å². The van der Waals surface area contributed by atoms with E-state index < -0.39 is 65.7 Å². The van der Waals surface area contributed by atoms with Crippen LogP contribution >= 0.6 is 0 Å². The number of nitrogens with one attached hydrogen (secondary N) is 3. The zero-order valence-corrected chi connectivity index (χ0v) is 30.7. The van der Waals surface area contributed by atoms with Gasteiger partial charge in [-0.1, -0.05) is 20.8 Å². The molecule has 0 aromatic carbocycles. The lowest BCUT2D eigenvalue weighted by Gasteiger charge is -2.47. The number of likely N-dealkylation sites (N-methyl/N-ethyl adjacent to an activating group) is 1. The third kappa shape index (κ3) is 8.70. The van der Waals surface area contributed by atoms with Crippen LogP contribution in [-0.2, 0) is 33.3 Å². The lowest BCUT2D eigenvalue weighted by Crippen LogP contribution is -2.60. The smallest absolute Gasteiger partial charge is 0.408 e. The number of ketones is 1. The van der Waals surface area contributed by atoms with Gasteiger partial charge in [-0.2, -0.15) is 0 Å². The molecule has 0 bridgehead atoms. The first-order valence-electron chi connectivity index (χ1n) is 18.0. The number of rotatable bonds is 9. The second-order valence-corrected chi connectivity index (χ2v) is 15.4. The van der Waals surface area contributed by atoms with Crippen molar-refractivity contribution in [2.75, 3.05) is 34.3 Å². The van der Waals surface area contributed by atoms with E-state index in [1.54, 1.807) is 21.0 Å². The zero-order valence-electron chi connectivity index (χ0n) is 30.7. The normalized spacial score (nSPS) is 43.5. The minimum atomic E-state index is -1.15. The zero-order chi connectivity index (χ0) is 35.6. The molecule has 48 heavy (non-hydrogen) atoms. The largest absolute Gasteiger partial charge is 0.458 e. The summed E-state index contributed by atoms with van der Waals surface area (Å²) in [5.41, 5.74) is -2.16. The Morgan fingerprint density at radius 3 is 2.40 bits per heavy atom. The van der Waals surface area contributed by atoms with E-state index in [2.05, 4.69) is 22.9 Å². The molecule has 4 N–H and O–H groups in total. The molecule has 0 spiro atoms. The summed E-state index contributed by atoms with van der Waals surface area (Å²) >= 11 is 0. The average molecular weight is 683 g/mol. The SMILES string of the molecule is CC[C@H]1OC(=O)C(C)C(=O)[C@H](C)[C@@H](OC2OC(CCNC3CC3)CC(N(C)C)C2O)[C@](C)(OC)C[C@@H](C)CN[C@H](C)[C@H]2NC(=O)O[C@@]21C. The summed E-state index contributed by atoms with van der Waals surface area (Å²) in [6, 6.07) is -0.365. The van der Waals surface area contributed by atoms with Gasteiger partial charge in [0.1, 0.15) is 18.1 Å². The van der Waals surface area contributed by atoms with Crippen LogP contribution in [0.4, 0.5) is 4.79 Å². The number of alkyl carbamates (subject to hydrolysis) is 1. The molecule has 13 heteroatoms. The van der Waals surface area contributed by atoms with Gasteiger partial charge in [0.25, 0.3) is 0 Å². The molecule has 0 aromatic rings. The molecular formula is C35H62N4O9. The summed E-state index contributed by atoms with van der Waals surface area (Å²) in [4.78, 5) is 42.3. The summed E-state index contributed by atoms with van der Waals surface area (Å²) in [5, 5.41) is 21.6. The van der Waals surface area contributed by atoms with Gasteiger partial charge in [0.15, 0.2) is 17.7 Å². The van der Waals surface area contributed by atoms with E-state index in [4.69, 9.17) is 23.7 Å². The highest BCUT2D eigenvalue weighted by atomic mass is 16.7. The molecule has 3 heterocycles. The molecule has 4 fully saturated rings. The number of hydrogen-bond donors (Lipinski definition) is 4. The van der Waals surface area contributed by atoms with Crippen molar-refractivity contribution in [3.63, 3.8) is 0 Å². The topological polar surface area (TPSA) is 157 Å². The van der Waals surface area contributed by atoms with Crippen LogP contribution in [0.15, 0.2) is 0 Å². The fourth-order valence-electron chi connectivity index (χ4n) is 7.94. The van der Waals surface area contributed by atoms with Gasteiger partial charge in [-0.05, 0) is 99.3 Å². The van der Waals surface area contributed by atoms with Crippen LogP contribution in [0.2, 0.25) is 0 Å². The molecule has 1 saturated carbocycles. The fourth-order valence-corrected chi connectivity index (χ4v) is 7.94. The Kier molecular flexibility index (Phi) is 13.0. The van der Waals surface area contributed by atoms with E-state index >= 15 is 0 Å². The molecule has 4 aliphatic rings. The van der Waals surface area contributed by atoms with E-state index in [9.17, 15) is 19.5 Å². The Hall–Kier alpha value is -1.87. The lowest BCUT2D eigenvalue weighted by molar-refractivity contribution is -0.298. The summed E-state index contributed by atoms with van der Waals surface area (Å²) in [5.74, 6) is -3.01. The van der Waals surface area contributed by atoms with Crippen LogP contribution in [0.5, 0.6) is 0 Å². The van der Waals surface area contributed by atoms with Crippen molar-refractivity contribution in [2.24, 2.45) is 17.8 Å². The molecule has 13 nitrogen and oxygen atoms in total. The summed E-state index contributed by atoms with van der Waals surface area (Å²) < 4.78 is 31.2. The number of carbonyl (C=O) groups excluding carboxylic acids is 3. The first kappa shape index (κ1) is 38.9. The van der Waals surface area contributed by atoms with Crippen molar-refractivity contribution < 1.29 is 43.2 Å². The second-order valence-electron chi connectivity index (χ2n) is 15.4. The van der Waals surface area contributed by atoms with Crippen LogP contribution in [0, 0.1) is 17.8 Å². The number of aliphatic hydroxyl groups excluding tert-OH is 1. The van der Waals surface area contributed by atoms with Gasteiger partial charge in [-0.25, -0.2) is 4.79 Å². The van der Waals surface area contributed by atoms with Crippen LogP contribution in [0.25, 0.3) is 0 Å². The Morgan fingerprint density at radius 1 is 1.10 bits per heavy atom. The number of amides is 1. The highest BCUT2D eigenvalue weighted by molar-refractivity contribution is 6.00. The predicted octanol–water partition coefficient (Wildman–Crippen LogP) is 2.37. The molecule has 13 atom stereocenters. The summed E-state index contributed by atoms with van der Waals surface area (Å²) in [6.07, 6.45) is 0.276. The third-order valence-electron chi connectivity index (χ3n) is 11.2. The van der Waals surface area contributed by atoms with E-state index in [1.807, 2.05) is 39.8 Å². The number of Topliss-reactive ketones (excluding diaryl/α,β-unsaturated/α-hetero) is 1. The fraction of sp³-hybridized carbons (Fsp3) is 0.914. The van der Waals surface area contributed by atoms with E-state index in [0.717, 1.165) is 13.0 Å². The van der Waals surface area contributed by atoms with Crippen molar-refractivity contribution in [1.82, 2.24) is 20.9 Å². The number of aliphatic hydroxyl groups is 1. The first-order valence-corrected chi connectivity index (χ1v) is 18.0. The van der Waals surface area contributed by atoms with Gasteiger partial charge in [0.05, 0.1) is 23.9 Å². The minimum Gasteiger partial charge on any atom is -0.458 e. The van der Waals surface area contributed by atoms with E-state index in [-0.39, 0.29) is 29.9 Å². The number of ether oxygens (including phenoxy) is 5. The van der Waals surface area contributed by atoms with E-state index in [0.29, 0.717) is 31.8 Å². The Balaban J connectivity index is 1.65. The van der Waals surface area contributed by atoms with Gasteiger partial charge in [0, 0.05) is 31.2 Å². The summed E-state index contributed by atoms with van der Waals surface area (Å²) in [6.45, 7) is 14.2. The standard InChI is InChI=1S/C35H62N4O9/c1-11-26-35(7)29(38-33(43)48-35)22(5)37-18-19(2)17-34(6,44-10)30(20(3)27(40)21(4)31(42)46-26)47-32-28(41)25(39(8)9)16-24(45-32)14-15-36-23-12-13-23/h19-26,28-30,32,36-37,41H,11-18H2,1-10H3,(H,38,43)/t19-,20+,21?,22-,24?,25?,26-,28?,29-,30-,32?,34-,35-/m1/s1. The van der Waals surface area contributed by atoms with Crippen molar-refractivity contribution in [3.8, 4) is 0 Å². The van der Waals surface area contributed by atoms with Crippen LogP contribution < -0.4 is 16.0 Å². The molecule has 0 aromatic heterocycles. The number of methoxy groups -OCH3 is 1. The second kappa shape index (κ2) is 16.0. The van der Waals surface area contributed by atoms with Crippen LogP contribution in [0.3, 0.4) is 0 Å². The maximum atomic E-state index is 14.2. The molecule has 4 rings (SSSR count). The Labute approximate surface area is 286 Å². The Bertz CT molecular complexity index is 1120. The van der Waals surface area contributed by atoms with E-state index in [1.165, 1.54) is 19.8 Å². The monoisotopic (exact) mass is 682 g/mol. The highest BCUT2D eigenvalue weighted by Gasteiger charge is 2.55. The van der Waals surface area contributed by atoms with Crippen molar-refractivity contribution in [1.29, 1.82) is 0 Å². The minimum absolute atomic E-state index is 0.0328. The quantitative estimate of drug-likeness (QED) is 0.208. The van der Waals surface area contributed by atoms with Gasteiger partial charge >= 0.3 is 12.1 Å². The highest BCUT2D eigenvalue weighted by Crippen LogP contribution is 2.38. The summed E-state index contributed by atoms with van der Waals surface area (Å²) in [7, 11) is 5.46. The number of nitrogens with zero attached hydrogens (tertiary/aromatic N) is 1. The molecule has 1 aliphatic carbocycles. The number of esters is 1. The average Bonchev–Trinajstić information content (AvgIpc) is 3.81. The predicted molar refractivity (Wildman–Crippen MR) is 179 cm³/mol. The molecule has 0 radical (unpaired) electrons. The molecule has 3 saturated heterocycles. The molecule has 3 aliphatic heterocycles. The number of hydrogen-bond acceptors (Lipinski definition) is 12. The molecule has 1 amide bonds. The van der Waals surface area contributed by atoms with Gasteiger partial charge < -0.3 is 49.6 Å². The van der Waals surface area contributed by atoms with Crippen molar-refractivity contribution >= 4 is 17.8 Å². The van der Waals surface area contributed by atoms with Crippen LogP contribution in [-0.4, -0.2) is 128 Å².